The average Bonchev–Trinajstić information content (AvgIpc) is 2.53. The molecule has 0 radical (unpaired) electrons. The summed E-state index contributed by atoms with van der Waals surface area (Å²) in [6.07, 6.45) is 1.17. The molecule has 2 aromatic carbocycles. The lowest BCUT2D eigenvalue weighted by Crippen LogP contribution is -2.37. The Bertz CT molecular complexity index is 550. The van der Waals surface area contributed by atoms with E-state index in [1.165, 1.54) is 23.1 Å². The van der Waals surface area contributed by atoms with Crippen LogP contribution >= 0.6 is 0 Å². The zero-order valence-electron chi connectivity index (χ0n) is 12.0. The summed E-state index contributed by atoms with van der Waals surface area (Å²) in [5.41, 5.74) is 4.37. The van der Waals surface area contributed by atoms with E-state index in [0.717, 1.165) is 19.6 Å². The maximum absolute atomic E-state index is 3.45. The Labute approximate surface area is 121 Å². The van der Waals surface area contributed by atoms with Crippen LogP contribution in [0.25, 0.3) is 0 Å². The van der Waals surface area contributed by atoms with Gasteiger partial charge in [-0.2, -0.15) is 0 Å². The second-order valence-electron chi connectivity index (χ2n) is 5.51. The molecule has 0 saturated heterocycles. The van der Waals surface area contributed by atoms with Crippen molar-refractivity contribution in [2.75, 3.05) is 20.1 Å². The number of nitrogens with zero attached hydrogens (tertiary/aromatic N) is 1. The van der Waals surface area contributed by atoms with E-state index in [0.29, 0.717) is 6.04 Å². The van der Waals surface area contributed by atoms with Gasteiger partial charge in [-0.25, -0.2) is 0 Å². The van der Waals surface area contributed by atoms with Gasteiger partial charge in [0.15, 0.2) is 0 Å². The first-order valence-electron chi connectivity index (χ1n) is 7.38. The van der Waals surface area contributed by atoms with E-state index in [1.54, 1.807) is 0 Å². The first kappa shape index (κ1) is 13.3. The first-order valence-corrected chi connectivity index (χ1v) is 7.38. The lowest BCUT2D eigenvalue weighted by Gasteiger charge is -2.32. The van der Waals surface area contributed by atoms with Gasteiger partial charge in [0.25, 0.3) is 0 Å². The van der Waals surface area contributed by atoms with E-state index in [2.05, 4.69) is 71.9 Å². The van der Waals surface area contributed by atoms with Crippen LogP contribution in [0, 0.1) is 0 Å². The normalized spacial score (nSPS) is 16.6. The maximum Gasteiger partial charge on any atom is 0.0447 e. The number of likely N-dealkylation sites (N-methyl/N-ethyl adjacent to an activating group) is 1. The largest absolute Gasteiger partial charge is 0.312 e. The fraction of sp³-hybridized carbons (Fsp3) is 0.333. The second kappa shape index (κ2) is 6.21. The molecule has 2 aromatic rings. The molecule has 1 unspecified atom stereocenters. The lowest BCUT2D eigenvalue weighted by molar-refractivity contribution is 0.228. The van der Waals surface area contributed by atoms with Crippen molar-refractivity contribution < 1.29 is 0 Å². The fourth-order valence-corrected chi connectivity index (χ4v) is 3.02. The average molecular weight is 266 g/mol. The topological polar surface area (TPSA) is 15.3 Å². The van der Waals surface area contributed by atoms with Crippen molar-refractivity contribution in [2.45, 2.75) is 19.0 Å². The third-order valence-electron chi connectivity index (χ3n) is 4.20. The first-order chi connectivity index (χ1) is 9.86. The number of fused-ring (bicyclic) bond motifs is 1. The third kappa shape index (κ3) is 2.92. The highest BCUT2D eigenvalue weighted by molar-refractivity contribution is 5.29. The molecular weight excluding hydrogens is 244 g/mol. The van der Waals surface area contributed by atoms with Crippen LogP contribution in [0.15, 0.2) is 54.6 Å². The Hall–Kier alpha value is -1.64. The molecule has 1 heterocycles. The minimum absolute atomic E-state index is 0.404. The molecule has 1 atom stereocenters. The summed E-state index contributed by atoms with van der Waals surface area (Å²) in [6.45, 7) is 3.29. The Morgan fingerprint density at radius 3 is 2.45 bits per heavy atom. The minimum Gasteiger partial charge on any atom is -0.312 e. The molecule has 0 bridgehead atoms. The summed E-state index contributed by atoms with van der Waals surface area (Å²) >= 11 is 0. The third-order valence-corrected chi connectivity index (χ3v) is 4.20. The maximum atomic E-state index is 3.45. The molecule has 1 aliphatic heterocycles. The Morgan fingerprint density at radius 2 is 1.70 bits per heavy atom. The van der Waals surface area contributed by atoms with Crippen molar-refractivity contribution in [3.63, 3.8) is 0 Å². The fourth-order valence-electron chi connectivity index (χ4n) is 3.02. The van der Waals surface area contributed by atoms with Gasteiger partial charge in [-0.15, -0.1) is 0 Å². The molecule has 0 amide bonds. The molecule has 3 rings (SSSR count). The standard InChI is InChI=1S/C18H22N2/c1-19-18(16-8-3-2-4-9-16)14-20-12-11-15-7-5-6-10-17(15)13-20/h2-10,18-19H,11-14H2,1H3. The smallest absolute Gasteiger partial charge is 0.0447 e. The van der Waals surface area contributed by atoms with Crippen LogP contribution in [0.4, 0.5) is 0 Å². The highest BCUT2D eigenvalue weighted by atomic mass is 15.1. The summed E-state index contributed by atoms with van der Waals surface area (Å²) in [7, 11) is 2.05. The van der Waals surface area contributed by atoms with Crippen LogP contribution in [-0.4, -0.2) is 25.0 Å². The summed E-state index contributed by atoms with van der Waals surface area (Å²) in [5.74, 6) is 0. The lowest BCUT2D eigenvalue weighted by atomic mass is 9.98. The molecule has 104 valence electrons. The number of rotatable bonds is 4. The molecule has 0 spiro atoms. The van der Waals surface area contributed by atoms with E-state index < -0.39 is 0 Å². The zero-order chi connectivity index (χ0) is 13.8. The molecule has 2 heteroatoms. The highest BCUT2D eigenvalue weighted by Crippen LogP contribution is 2.21. The molecule has 0 aliphatic carbocycles. The van der Waals surface area contributed by atoms with E-state index >= 15 is 0 Å². The molecule has 20 heavy (non-hydrogen) atoms. The number of hydrogen-bond acceptors (Lipinski definition) is 2. The van der Waals surface area contributed by atoms with Gasteiger partial charge in [-0.1, -0.05) is 54.6 Å². The van der Waals surface area contributed by atoms with Crippen molar-refractivity contribution in [2.24, 2.45) is 0 Å². The van der Waals surface area contributed by atoms with Crippen LogP contribution in [0.1, 0.15) is 22.7 Å². The molecule has 0 fully saturated rings. The van der Waals surface area contributed by atoms with Gasteiger partial charge >= 0.3 is 0 Å². The zero-order valence-corrected chi connectivity index (χ0v) is 12.0. The van der Waals surface area contributed by atoms with Crippen molar-refractivity contribution in [3.05, 3.63) is 71.3 Å². The SMILES string of the molecule is CNC(CN1CCc2ccccc2C1)c1ccccc1. The van der Waals surface area contributed by atoms with E-state index in [9.17, 15) is 0 Å². The van der Waals surface area contributed by atoms with Gasteiger partial charge < -0.3 is 5.32 Å². The predicted molar refractivity (Wildman–Crippen MR) is 83.7 cm³/mol. The molecular formula is C18H22N2. The molecule has 1 N–H and O–H groups in total. The predicted octanol–water partition coefficient (Wildman–Crippen LogP) is 3.01. The molecule has 2 nitrogen and oxygen atoms in total. The Balaban J connectivity index is 1.69. The van der Waals surface area contributed by atoms with Crippen molar-refractivity contribution in [1.29, 1.82) is 0 Å². The second-order valence-corrected chi connectivity index (χ2v) is 5.51. The number of benzene rings is 2. The summed E-state index contributed by atoms with van der Waals surface area (Å²) < 4.78 is 0. The van der Waals surface area contributed by atoms with Crippen molar-refractivity contribution >= 4 is 0 Å². The minimum atomic E-state index is 0.404. The number of nitrogens with one attached hydrogen (secondary N) is 1. The summed E-state index contributed by atoms with van der Waals surface area (Å²) in [6, 6.07) is 19.9. The Morgan fingerprint density at radius 1 is 1.00 bits per heavy atom. The highest BCUT2D eigenvalue weighted by Gasteiger charge is 2.19. The summed E-state index contributed by atoms with van der Waals surface area (Å²) in [4.78, 5) is 2.55. The Kier molecular flexibility index (Phi) is 4.14. The van der Waals surface area contributed by atoms with Gasteiger partial charge in [0, 0.05) is 25.7 Å². The van der Waals surface area contributed by atoms with Gasteiger partial charge in [0.05, 0.1) is 0 Å². The monoisotopic (exact) mass is 266 g/mol. The van der Waals surface area contributed by atoms with Crippen LogP contribution in [0.2, 0.25) is 0 Å². The van der Waals surface area contributed by atoms with E-state index in [-0.39, 0.29) is 0 Å². The quantitative estimate of drug-likeness (QED) is 0.915. The van der Waals surface area contributed by atoms with Gasteiger partial charge in [-0.05, 0) is 30.2 Å². The van der Waals surface area contributed by atoms with Crippen LogP contribution in [0.3, 0.4) is 0 Å². The number of hydrogen-bond donors (Lipinski definition) is 1. The van der Waals surface area contributed by atoms with Gasteiger partial charge in [0.2, 0.25) is 0 Å². The van der Waals surface area contributed by atoms with E-state index in [4.69, 9.17) is 0 Å². The van der Waals surface area contributed by atoms with Crippen molar-refractivity contribution in [3.8, 4) is 0 Å². The van der Waals surface area contributed by atoms with Crippen LogP contribution < -0.4 is 5.32 Å². The molecule has 1 aliphatic rings. The molecule has 0 aromatic heterocycles. The van der Waals surface area contributed by atoms with Crippen LogP contribution in [-0.2, 0) is 13.0 Å². The summed E-state index contributed by atoms with van der Waals surface area (Å²) in [5, 5.41) is 3.45. The van der Waals surface area contributed by atoms with Gasteiger partial charge in [0.1, 0.15) is 0 Å². The van der Waals surface area contributed by atoms with Crippen molar-refractivity contribution in [1.82, 2.24) is 10.2 Å². The molecule has 0 saturated carbocycles. The van der Waals surface area contributed by atoms with E-state index in [1.807, 2.05) is 0 Å². The van der Waals surface area contributed by atoms with Crippen LogP contribution in [0.5, 0.6) is 0 Å². The van der Waals surface area contributed by atoms with Gasteiger partial charge in [-0.3, -0.25) is 4.90 Å².